The minimum Gasteiger partial charge on any atom is -0.465 e. The SMILES string of the molecule is CCOC(=O)C(=O)NCc1ccc(/C=C2\C(=O)C(C(=O)OC)=C(C)N2c2ccc(Br)cc2)o1. The number of carbonyl (C=O) groups excluding carboxylic acids is 4. The van der Waals surface area contributed by atoms with Crippen molar-refractivity contribution in [3.05, 3.63) is 69.4 Å². The number of rotatable bonds is 6. The van der Waals surface area contributed by atoms with E-state index in [2.05, 4.69) is 26.0 Å². The normalized spacial score (nSPS) is 14.6. The summed E-state index contributed by atoms with van der Waals surface area (Å²) in [6.45, 7) is 3.30. The monoisotopic (exact) mass is 516 g/mol. The van der Waals surface area contributed by atoms with Crippen molar-refractivity contribution in [3.63, 3.8) is 0 Å². The molecule has 9 nitrogen and oxygen atoms in total. The van der Waals surface area contributed by atoms with Crippen LogP contribution in [0.4, 0.5) is 5.69 Å². The molecule has 0 aliphatic carbocycles. The fraction of sp³-hybridized carbons (Fsp3) is 0.217. The van der Waals surface area contributed by atoms with E-state index in [1.807, 2.05) is 12.1 Å². The number of nitrogens with zero attached hydrogens (tertiary/aromatic N) is 1. The van der Waals surface area contributed by atoms with Gasteiger partial charge in [-0.1, -0.05) is 15.9 Å². The van der Waals surface area contributed by atoms with Gasteiger partial charge in [-0.25, -0.2) is 9.59 Å². The Labute approximate surface area is 198 Å². The molecular weight excluding hydrogens is 496 g/mol. The summed E-state index contributed by atoms with van der Waals surface area (Å²) in [6.07, 6.45) is 1.50. The van der Waals surface area contributed by atoms with Gasteiger partial charge in [0.05, 0.1) is 26.0 Å². The number of benzene rings is 1. The van der Waals surface area contributed by atoms with Gasteiger partial charge in [0, 0.05) is 21.9 Å². The summed E-state index contributed by atoms with van der Waals surface area (Å²) in [4.78, 5) is 50.1. The number of carbonyl (C=O) groups is 4. The highest BCUT2D eigenvalue weighted by Crippen LogP contribution is 2.36. The van der Waals surface area contributed by atoms with Crippen molar-refractivity contribution in [3.8, 4) is 0 Å². The molecule has 1 aliphatic rings. The largest absolute Gasteiger partial charge is 0.465 e. The van der Waals surface area contributed by atoms with Crippen LogP contribution in [-0.4, -0.2) is 37.3 Å². The number of hydrogen-bond acceptors (Lipinski definition) is 8. The summed E-state index contributed by atoms with van der Waals surface area (Å²) in [6, 6.07) is 10.4. The highest BCUT2D eigenvalue weighted by Gasteiger charge is 2.38. The van der Waals surface area contributed by atoms with Crippen LogP contribution in [0.3, 0.4) is 0 Å². The highest BCUT2D eigenvalue weighted by molar-refractivity contribution is 9.10. The molecule has 0 radical (unpaired) electrons. The predicted molar refractivity (Wildman–Crippen MR) is 122 cm³/mol. The molecule has 0 spiro atoms. The quantitative estimate of drug-likeness (QED) is 0.269. The molecule has 0 fully saturated rings. The second kappa shape index (κ2) is 10.3. The van der Waals surface area contributed by atoms with Crippen LogP contribution < -0.4 is 10.2 Å². The van der Waals surface area contributed by atoms with Crippen LogP contribution in [0.5, 0.6) is 0 Å². The van der Waals surface area contributed by atoms with E-state index in [1.54, 1.807) is 43.0 Å². The first-order chi connectivity index (χ1) is 15.8. The zero-order chi connectivity index (χ0) is 24.1. The molecule has 0 saturated heterocycles. The van der Waals surface area contributed by atoms with Crippen LogP contribution in [0, 0.1) is 0 Å². The molecule has 1 aromatic heterocycles. The standard InChI is InChI=1S/C23H21BrN2O7/c1-4-32-23(30)21(28)25-12-17-10-9-16(33-17)11-18-20(27)19(22(29)31-3)13(2)26(18)15-7-5-14(24)6-8-15/h5-11H,4,12H2,1-3H3,(H,25,28)/b18-11+. The Kier molecular flexibility index (Phi) is 7.49. The molecule has 1 aromatic carbocycles. The van der Waals surface area contributed by atoms with Crippen LogP contribution in [0.2, 0.25) is 0 Å². The van der Waals surface area contributed by atoms with Crippen molar-refractivity contribution in [1.82, 2.24) is 5.32 Å². The first kappa shape index (κ1) is 24.0. The van der Waals surface area contributed by atoms with Gasteiger partial charge in [0.25, 0.3) is 0 Å². The number of hydrogen-bond donors (Lipinski definition) is 1. The van der Waals surface area contributed by atoms with Crippen molar-refractivity contribution in [1.29, 1.82) is 0 Å². The molecule has 1 aliphatic heterocycles. The second-order valence-corrected chi connectivity index (χ2v) is 7.75. The lowest BCUT2D eigenvalue weighted by Gasteiger charge is -2.21. The van der Waals surface area contributed by atoms with Crippen molar-refractivity contribution >= 4 is 51.3 Å². The summed E-state index contributed by atoms with van der Waals surface area (Å²) in [5.41, 5.74) is 1.23. The summed E-state index contributed by atoms with van der Waals surface area (Å²) in [5, 5.41) is 2.40. The van der Waals surface area contributed by atoms with E-state index in [-0.39, 0.29) is 24.4 Å². The second-order valence-electron chi connectivity index (χ2n) is 6.83. The minimum absolute atomic E-state index is 0.0458. The maximum absolute atomic E-state index is 13.1. The number of esters is 2. The Bertz CT molecular complexity index is 1160. The molecule has 172 valence electrons. The molecule has 10 heteroatoms. The van der Waals surface area contributed by atoms with Gasteiger partial charge < -0.3 is 24.1 Å². The van der Waals surface area contributed by atoms with Crippen LogP contribution in [0.1, 0.15) is 25.4 Å². The van der Waals surface area contributed by atoms with Gasteiger partial charge in [0.2, 0.25) is 5.78 Å². The van der Waals surface area contributed by atoms with E-state index in [1.165, 1.54) is 13.2 Å². The fourth-order valence-corrected chi connectivity index (χ4v) is 3.48. The molecule has 0 bridgehead atoms. The molecule has 33 heavy (non-hydrogen) atoms. The maximum Gasteiger partial charge on any atom is 0.396 e. The van der Waals surface area contributed by atoms with Crippen LogP contribution in [-0.2, 0) is 35.2 Å². The van der Waals surface area contributed by atoms with Gasteiger partial charge >= 0.3 is 17.8 Å². The molecule has 0 saturated carbocycles. The fourth-order valence-electron chi connectivity index (χ4n) is 3.22. The number of nitrogens with one attached hydrogen (secondary N) is 1. The lowest BCUT2D eigenvalue weighted by atomic mass is 10.1. The molecule has 1 N–H and O–H groups in total. The summed E-state index contributed by atoms with van der Waals surface area (Å²) < 4.78 is 16.0. The smallest absolute Gasteiger partial charge is 0.396 e. The number of ketones is 1. The molecule has 2 aromatic rings. The lowest BCUT2D eigenvalue weighted by Crippen LogP contribution is -2.31. The summed E-state index contributed by atoms with van der Waals surface area (Å²) >= 11 is 3.38. The molecule has 2 heterocycles. The number of ether oxygens (including phenoxy) is 2. The van der Waals surface area contributed by atoms with Gasteiger partial charge in [-0.2, -0.15) is 0 Å². The summed E-state index contributed by atoms with van der Waals surface area (Å²) in [7, 11) is 1.21. The van der Waals surface area contributed by atoms with E-state index in [9.17, 15) is 19.2 Å². The number of furan rings is 1. The topological polar surface area (TPSA) is 115 Å². The predicted octanol–water partition coefficient (Wildman–Crippen LogP) is 3.10. The third-order valence-corrected chi connectivity index (χ3v) is 5.25. The highest BCUT2D eigenvalue weighted by atomic mass is 79.9. The van der Waals surface area contributed by atoms with E-state index >= 15 is 0 Å². The number of anilines is 1. The van der Waals surface area contributed by atoms with Crippen molar-refractivity contribution in [2.45, 2.75) is 20.4 Å². The first-order valence-electron chi connectivity index (χ1n) is 9.91. The first-order valence-corrected chi connectivity index (χ1v) is 10.7. The maximum atomic E-state index is 13.1. The van der Waals surface area contributed by atoms with Gasteiger partial charge in [-0.05, 0) is 50.2 Å². The average molecular weight is 517 g/mol. The number of Topliss-reactive ketones (excluding diaryl/α,β-unsaturated/α-hetero) is 1. The Balaban J connectivity index is 1.89. The number of halogens is 1. The Morgan fingerprint density at radius 2 is 1.85 bits per heavy atom. The third kappa shape index (κ3) is 5.23. The Morgan fingerprint density at radius 1 is 1.15 bits per heavy atom. The summed E-state index contributed by atoms with van der Waals surface area (Å²) in [5.74, 6) is -2.42. The zero-order valence-corrected chi connectivity index (χ0v) is 19.7. The van der Waals surface area contributed by atoms with Gasteiger partial charge in [-0.15, -0.1) is 0 Å². The van der Waals surface area contributed by atoms with Crippen LogP contribution in [0.15, 0.2) is 62.3 Å². The van der Waals surface area contributed by atoms with Crippen molar-refractivity contribution in [2.24, 2.45) is 0 Å². The van der Waals surface area contributed by atoms with E-state index in [0.29, 0.717) is 22.9 Å². The zero-order valence-electron chi connectivity index (χ0n) is 18.1. The molecule has 0 atom stereocenters. The van der Waals surface area contributed by atoms with E-state index in [0.717, 1.165) is 4.47 Å². The minimum atomic E-state index is -0.982. The van der Waals surface area contributed by atoms with Crippen molar-refractivity contribution in [2.75, 3.05) is 18.6 Å². The van der Waals surface area contributed by atoms with Crippen molar-refractivity contribution < 1.29 is 33.1 Å². The molecular formula is C23H21BrN2O7. The molecule has 1 amide bonds. The number of amides is 1. The Hall–Kier alpha value is -3.66. The van der Waals surface area contributed by atoms with E-state index < -0.39 is 23.6 Å². The number of methoxy groups -OCH3 is 1. The van der Waals surface area contributed by atoms with Gasteiger partial charge in [0.1, 0.15) is 17.1 Å². The molecule has 3 rings (SSSR count). The van der Waals surface area contributed by atoms with Crippen LogP contribution in [0.25, 0.3) is 6.08 Å². The van der Waals surface area contributed by atoms with Gasteiger partial charge in [0.15, 0.2) is 0 Å². The average Bonchev–Trinajstić information content (AvgIpc) is 3.34. The third-order valence-electron chi connectivity index (χ3n) is 4.72. The molecule has 0 unspecified atom stereocenters. The van der Waals surface area contributed by atoms with Crippen LogP contribution >= 0.6 is 15.9 Å². The lowest BCUT2D eigenvalue weighted by molar-refractivity contribution is -0.154. The van der Waals surface area contributed by atoms with Gasteiger partial charge in [-0.3, -0.25) is 9.59 Å². The van der Waals surface area contributed by atoms with E-state index in [4.69, 9.17) is 9.15 Å². The Morgan fingerprint density at radius 3 is 2.48 bits per heavy atom. The number of allylic oxidation sites excluding steroid dienone is 2.